The molecule has 3 rings (SSSR count). The molecule has 0 aromatic carbocycles. The van der Waals surface area contributed by atoms with E-state index >= 15 is 0 Å². The van der Waals surface area contributed by atoms with Crippen molar-refractivity contribution in [2.75, 3.05) is 24.5 Å². The van der Waals surface area contributed by atoms with E-state index in [4.69, 9.17) is 0 Å². The second kappa shape index (κ2) is 6.78. The molecule has 3 heterocycles. The van der Waals surface area contributed by atoms with Gasteiger partial charge < -0.3 is 9.80 Å². The van der Waals surface area contributed by atoms with Crippen molar-refractivity contribution >= 4 is 33.3 Å². The molecule has 0 spiro atoms. The summed E-state index contributed by atoms with van der Waals surface area (Å²) in [5, 5.41) is 0.964. The lowest BCUT2D eigenvalue weighted by Gasteiger charge is -2.40. The van der Waals surface area contributed by atoms with Crippen molar-refractivity contribution in [1.29, 1.82) is 0 Å². The number of hydrogen-bond acceptors (Lipinski definition) is 5. The Bertz CT molecular complexity index is 776. The molecule has 1 amide bonds. The lowest BCUT2D eigenvalue weighted by atomic mass is 10.1. The van der Waals surface area contributed by atoms with E-state index in [9.17, 15) is 18.0 Å². The van der Waals surface area contributed by atoms with E-state index in [0.29, 0.717) is 6.54 Å². The second-order valence-corrected chi connectivity index (χ2v) is 7.27. The van der Waals surface area contributed by atoms with E-state index < -0.39 is 18.5 Å². The van der Waals surface area contributed by atoms with E-state index in [1.807, 2.05) is 11.8 Å². The van der Waals surface area contributed by atoms with Crippen molar-refractivity contribution < 1.29 is 18.0 Å². The van der Waals surface area contributed by atoms with Crippen molar-refractivity contribution in [1.82, 2.24) is 14.9 Å². The highest BCUT2D eigenvalue weighted by Gasteiger charge is 2.36. The highest BCUT2D eigenvalue weighted by molar-refractivity contribution is 7.18. The first-order valence-corrected chi connectivity index (χ1v) is 8.94. The van der Waals surface area contributed by atoms with Crippen LogP contribution in [0.4, 0.5) is 19.0 Å². The summed E-state index contributed by atoms with van der Waals surface area (Å²) >= 11 is 1.62. The molecule has 2 aromatic heterocycles. The molecule has 1 fully saturated rings. The summed E-state index contributed by atoms with van der Waals surface area (Å²) in [5.74, 6) is -0.0768. The minimum atomic E-state index is -4.47. The maximum absolute atomic E-state index is 12.4. The van der Waals surface area contributed by atoms with Crippen LogP contribution in [0.5, 0.6) is 0 Å². The summed E-state index contributed by atoms with van der Waals surface area (Å²) in [6, 6.07) is 1.96. The fourth-order valence-electron chi connectivity index (χ4n) is 3.08. The molecule has 9 heteroatoms. The van der Waals surface area contributed by atoms with E-state index in [2.05, 4.69) is 23.0 Å². The van der Waals surface area contributed by atoms with Gasteiger partial charge in [0.05, 0.1) is 5.39 Å². The number of hydrogen-bond donors (Lipinski definition) is 0. The molecule has 0 radical (unpaired) electrons. The number of fused-ring (bicyclic) bond motifs is 1. The van der Waals surface area contributed by atoms with E-state index in [1.165, 1.54) is 16.1 Å². The summed E-state index contributed by atoms with van der Waals surface area (Å²) < 4.78 is 37.3. The maximum Gasteiger partial charge on any atom is 0.397 e. The van der Waals surface area contributed by atoms with Crippen LogP contribution in [0.15, 0.2) is 12.4 Å². The Hall–Kier alpha value is -1.90. The molecule has 0 saturated carbocycles. The van der Waals surface area contributed by atoms with Crippen molar-refractivity contribution in [2.45, 2.75) is 38.9 Å². The summed E-state index contributed by atoms with van der Waals surface area (Å²) in [6.45, 7) is 4.94. The van der Waals surface area contributed by atoms with Gasteiger partial charge in [-0.1, -0.05) is 6.92 Å². The molecule has 25 heavy (non-hydrogen) atoms. The fraction of sp³-hybridized carbons (Fsp3) is 0.562. The molecule has 1 unspecified atom stereocenters. The third kappa shape index (κ3) is 3.86. The molecule has 0 N–H and O–H groups in total. The number of rotatable bonds is 3. The fourth-order valence-corrected chi connectivity index (χ4v) is 4.01. The van der Waals surface area contributed by atoms with Gasteiger partial charge in [-0.15, -0.1) is 11.3 Å². The van der Waals surface area contributed by atoms with Crippen LogP contribution in [-0.4, -0.2) is 52.6 Å². The number of amides is 1. The van der Waals surface area contributed by atoms with Gasteiger partial charge in [-0.3, -0.25) is 4.79 Å². The third-order valence-corrected chi connectivity index (χ3v) is 5.50. The van der Waals surface area contributed by atoms with Gasteiger partial charge in [-0.2, -0.15) is 13.2 Å². The van der Waals surface area contributed by atoms with Crippen LogP contribution in [0.2, 0.25) is 0 Å². The van der Waals surface area contributed by atoms with Crippen LogP contribution in [0.25, 0.3) is 10.2 Å². The monoisotopic (exact) mass is 372 g/mol. The van der Waals surface area contributed by atoms with Gasteiger partial charge in [0, 0.05) is 30.6 Å². The largest absolute Gasteiger partial charge is 0.397 e. The Morgan fingerprint density at radius 2 is 2.12 bits per heavy atom. The van der Waals surface area contributed by atoms with Crippen LogP contribution in [0.3, 0.4) is 0 Å². The lowest BCUT2D eigenvalue weighted by Crippen LogP contribution is -2.54. The summed E-state index contributed by atoms with van der Waals surface area (Å²) in [6.07, 6.45) is -3.44. The number of halogens is 3. The number of carbonyl (C=O) groups excluding carboxylic acids is 1. The molecule has 1 aliphatic heterocycles. The number of aryl methyl sites for hydroxylation is 1. The number of piperazine rings is 1. The van der Waals surface area contributed by atoms with Crippen LogP contribution >= 0.6 is 11.3 Å². The second-order valence-electron chi connectivity index (χ2n) is 6.16. The van der Waals surface area contributed by atoms with E-state index in [1.54, 1.807) is 11.3 Å². The van der Waals surface area contributed by atoms with Crippen LogP contribution in [0, 0.1) is 0 Å². The minimum Gasteiger partial charge on any atom is -0.350 e. The number of nitrogens with zero attached hydrogens (tertiary/aromatic N) is 4. The number of aromatic nitrogens is 2. The smallest absolute Gasteiger partial charge is 0.350 e. The van der Waals surface area contributed by atoms with Gasteiger partial charge >= 0.3 is 6.18 Å². The topological polar surface area (TPSA) is 49.3 Å². The van der Waals surface area contributed by atoms with Gasteiger partial charge in [-0.25, -0.2) is 9.97 Å². The first-order valence-electron chi connectivity index (χ1n) is 8.13. The average Bonchev–Trinajstić information content (AvgIpc) is 2.96. The quantitative estimate of drug-likeness (QED) is 0.830. The highest BCUT2D eigenvalue weighted by atomic mass is 32.1. The Kier molecular flexibility index (Phi) is 4.86. The van der Waals surface area contributed by atoms with Crippen molar-refractivity contribution in [3.05, 3.63) is 17.3 Å². The highest BCUT2D eigenvalue weighted by Crippen LogP contribution is 2.32. The molecule has 5 nitrogen and oxygen atoms in total. The predicted molar refractivity (Wildman–Crippen MR) is 90.9 cm³/mol. The van der Waals surface area contributed by atoms with Gasteiger partial charge in [0.1, 0.15) is 23.4 Å². The molecule has 136 valence electrons. The Morgan fingerprint density at radius 3 is 2.76 bits per heavy atom. The summed E-state index contributed by atoms with van der Waals surface area (Å²) in [7, 11) is 0. The average molecular weight is 372 g/mol. The third-order valence-electron chi connectivity index (χ3n) is 4.31. The Labute approximate surface area is 147 Å². The first-order chi connectivity index (χ1) is 11.8. The summed E-state index contributed by atoms with van der Waals surface area (Å²) in [4.78, 5) is 26.0. The molecule has 1 atom stereocenters. The normalized spacial score (nSPS) is 18.8. The number of alkyl halides is 3. The zero-order chi connectivity index (χ0) is 18.2. The van der Waals surface area contributed by atoms with E-state index in [0.717, 1.165) is 22.5 Å². The molecule has 2 aromatic rings. The van der Waals surface area contributed by atoms with Gasteiger partial charge in [-0.05, 0) is 19.4 Å². The Balaban J connectivity index is 1.78. The number of thiophene rings is 1. The predicted octanol–water partition coefficient (Wildman–Crippen LogP) is 3.24. The van der Waals surface area contributed by atoms with Crippen molar-refractivity contribution in [3.8, 4) is 0 Å². The van der Waals surface area contributed by atoms with Crippen molar-refractivity contribution in [2.24, 2.45) is 0 Å². The van der Waals surface area contributed by atoms with Crippen LogP contribution in [0.1, 0.15) is 25.1 Å². The molecular formula is C16H19F3N4OS. The standard InChI is InChI=1S/C16H19F3N4OS/c1-3-11-6-12-14(20-9-21-15(12)25-11)23-5-4-22(8-10(23)2)13(24)7-16(17,18)19/h6,9-10H,3-5,7-8H2,1-2H3. The number of carbonyl (C=O) groups is 1. The van der Waals surface area contributed by atoms with Gasteiger partial charge in [0.25, 0.3) is 0 Å². The zero-order valence-corrected chi connectivity index (χ0v) is 14.8. The van der Waals surface area contributed by atoms with Crippen LogP contribution < -0.4 is 4.90 Å². The molecule has 0 bridgehead atoms. The zero-order valence-electron chi connectivity index (χ0n) is 14.0. The lowest BCUT2D eigenvalue weighted by molar-refractivity contribution is -0.161. The maximum atomic E-state index is 12.4. The van der Waals surface area contributed by atoms with E-state index in [-0.39, 0.29) is 19.1 Å². The molecule has 1 saturated heterocycles. The Morgan fingerprint density at radius 1 is 1.36 bits per heavy atom. The molecule has 0 aliphatic carbocycles. The van der Waals surface area contributed by atoms with Crippen LogP contribution in [-0.2, 0) is 11.2 Å². The summed E-state index contributed by atoms with van der Waals surface area (Å²) in [5.41, 5.74) is 0. The van der Waals surface area contributed by atoms with Gasteiger partial charge in [0.15, 0.2) is 0 Å². The van der Waals surface area contributed by atoms with Crippen molar-refractivity contribution in [3.63, 3.8) is 0 Å². The number of anilines is 1. The molecular weight excluding hydrogens is 353 g/mol. The first kappa shape index (κ1) is 17.9. The molecule has 1 aliphatic rings. The van der Waals surface area contributed by atoms with Gasteiger partial charge in [0.2, 0.25) is 5.91 Å². The minimum absolute atomic E-state index is 0.117. The SMILES string of the molecule is CCc1cc2c(N3CCN(C(=O)CC(F)(F)F)CC3C)ncnc2s1.